The quantitative estimate of drug-likeness (QED) is 0.669. The van der Waals surface area contributed by atoms with Crippen molar-refractivity contribution in [2.24, 2.45) is 0 Å². The SMILES string of the molecule is CC.Cc1ccc(S(=O)(=O)N2Cc3cnc([C@@H](O)c4cccc(C)c4)cc3C2)cc1. The van der Waals surface area contributed by atoms with Crippen LogP contribution in [0.15, 0.2) is 65.7 Å². The Labute approximate surface area is 179 Å². The summed E-state index contributed by atoms with van der Waals surface area (Å²) in [6.45, 7) is 8.47. The molecule has 2 aromatic carbocycles. The van der Waals surface area contributed by atoms with Gasteiger partial charge < -0.3 is 5.11 Å². The molecule has 1 aliphatic rings. The number of rotatable bonds is 4. The molecule has 1 aliphatic heterocycles. The zero-order valence-electron chi connectivity index (χ0n) is 17.8. The third-order valence-corrected chi connectivity index (χ3v) is 6.90. The summed E-state index contributed by atoms with van der Waals surface area (Å²) in [6, 6.07) is 16.3. The Morgan fingerprint density at radius 1 is 0.933 bits per heavy atom. The monoisotopic (exact) mass is 424 g/mol. The molecule has 30 heavy (non-hydrogen) atoms. The summed E-state index contributed by atoms with van der Waals surface area (Å²) in [5.41, 5.74) is 5.13. The molecule has 1 aromatic heterocycles. The molecule has 0 aliphatic carbocycles. The Hall–Kier alpha value is -2.54. The number of pyridine rings is 1. The molecule has 158 valence electrons. The van der Waals surface area contributed by atoms with Crippen molar-refractivity contribution < 1.29 is 13.5 Å². The second kappa shape index (κ2) is 9.08. The number of benzene rings is 2. The predicted molar refractivity (Wildman–Crippen MR) is 118 cm³/mol. The van der Waals surface area contributed by atoms with Gasteiger partial charge in [0.15, 0.2) is 0 Å². The Morgan fingerprint density at radius 3 is 2.27 bits per heavy atom. The molecule has 1 atom stereocenters. The van der Waals surface area contributed by atoms with E-state index in [1.165, 1.54) is 4.31 Å². The number of hydrogen-bond donors (Lipinski definition) is 1. The van der Waals surface area contributed by atoms with E-state index in [-0.39, 0.29) is 6.54 Å². The summed E-state index contributed by atoms with van der Waals surface area (Å²) in [5.74, 6) is 0. The normalized spacial score (nSPS) is 14.6. The average Bonchev–Trinajstić information content (AvgIpc) is 3.19. The van der Waals surface area contributed by atoms with Gasteiger partial charge in [-0.25, -0.2) is 8.42 Å². The molecule has 0 spiro atoms. The zero-order chi connectivity index (χ0) is 21.9. The molecule has 0 amide bonds. The van der Waals surface area contributed by atoms with E-state index in [9.17, 15) is 13.5 Å². The highest BCUT2D eigenvalue weighted by Crippen LogP contribution is 2.31. The van der Waals surface area contributed by atoms with Crippen molar-refractivity contribution in [2.75, 3.05) is 0 Å². The van der Waals surface area contributed by atoms with Gasteiger partial charge in [0.05, 0.1) is 10.6 Å². The van der Waals surface area contributed by atoms with Crippen LogP contribution in [0.1, 0.15) is 53.5 Å². The van der Waals surface area contributed by atoms with Gasteiger partial charge in [0.25, 0.3) is 0 Å². The Morgan fingerprint density at radius 2 is 1.60 bits per heavy atom. The van der Waals surface area contributed by atoms with Crippen LogP contribution in [-0.2, 0) is 23.1 Å². The zero-order valence-corrected chi connectivity index (χ0v) is 18.6. The molecule has 3 aromatic rings. The second-order valence-electron chi connectivity index (χ2n) is 7.28. The maximum atomic E-state index is 12.9. The van der Waals surface area contributed by atoms with Gasteiger partial charge in [-0.15, -0.1) is 0 Å². The fourth-order valence-electron chi connectivity index (χ4n) is 3.46. The number of sulfonamides is 1. The summed E-state index contributed by atoms with van der Waals surface area (Å²) in [4.78, 5) is 4.68. The summed E-state index contributed by atoms with van der Waals surface area (Å²) >= 11 is 0. The van der Waals surface area contributed by atoms with Crippen LogP contribution >= 0.6 is 0 Å². The Balaban J connectivity index is 0.00000124. The summed E-state index contributed by atoms with van der Waals surface area (Å²) in [5, 5.41) is 10.7. The van der Waals surface area contributed by atoms with E-state index in [2.05, 4.69) is 4.98 Å². The van der Waals surface area contributed by atoms with Crippen molar-refractivity contribution in [1.82, 2.24) is 9.29 Å². The number of aryl methyl sites for hydroxylation is 2. The van der Waals surface area contributed by atoms with Crippen LogP contribution in [0.2, 0.25) is 0 Å². The lowest BCUT2D eigenvalue weighted by atomic mass is 10.0. The van der Waals surface area contributed by atoms with Crippen molar-refractivity contribution in [3.05, 3.63) is 94.3 Å². The maximum Gasteiger partial charge on any atom is 0.243 e. The van der Waals surface area contributed by atoms with E-state index in [1.54, 1.807) is 30.5 Å². The first-order chi connectivity index (χ1) is 14.3. The van der Waals surface area contributed by atoms with E-state index in [4.69, 9.17) is 0 Å². The second-order valence-corrected chi connectivity index (χ2v) is 9.22. The van der Waals surface area contributed by atoms with Crippen molar-refractivity contribution in [1.29, 1.82) is 0 Å². The topological polar surface area (TPSA) is 70.5 Å². The van der Waals surface area contributed by atoms with Crippen LogP contribution in [0.4, 0.5) is 0 Å². The molecule has 5 nitrogen and oxygen atoms in total. The number of nitrogens with zero attached hydrogens (tertiary/aromatic N) is 2. The van der Waals surface area contributed by atoms with Crippen LogP contribution in [0.5, 0.6) is 0 Å². The predicted octanol–water partition coefficient (Wildman–Crippen LogP) is 4.51. The lowest BCUT2D eigenvalue weighted by Crippen LogP contribution is -2.25. The highest BCUT2D eigenvalue weighted by Gasteiger charge is 2.31. The number of hydrogen-bond acceptors (Lipinski definition) is 4. The first-order valence-electron chi connectivity index (χ1n) is 10.1. The number of aromatic nitrogens is 1. The number of aliphatic hydroxyl groups is 1. The molecule has 4 rings (SSSR count). The van der Waals surface area contributed by atoms with Crippen molar-refractivity contribution in [3.8, 4) is 0 Å². The molecule has 6 heteroatoms. The molecule has 0 unspecified atom stereocenters. The molecule has 0 saturated heterocycles. The molecule has 2 heterocycles. The van der Waals surface area contributed by atoms with E-state index in [1.807, 2.05) is 58.0 Å². The third kappa shape index (κ3) is 4.46. The van der Waals surface area contributed by atoms with Crippen LogP contribution in [0.25, 0.3) is 0 Å². The van der Waals surface area contributed by atoms with Crippen LogP contribution < -0.4 is 0 Å². The fraction of sp³-hybridized carbons (Fsp3) is 0.292. The molecular formula is C24H28N2O3S. The van der Waals surface area contributed by atoms with Gasteiger partial charge in [-0.05, 0) is 48.7 Å². The van der Waals surface area contributed by atoms with E-state index < -0.39 is 16.1 Å². The molecule has 1 N–H and O–H groups in total. The highest BCUT2D eigenvalue weighted by atomic mass is 32.2. The van der Waals surface area contributed by atoms with E-state index in [0.717, 1.165) is 27.8 Å². The van der Waals surface area contributed by atoms with Gasteiger partial charge in [-0.1, -0.05) is 61.4 Å². The van der Waals surface area contributed by atoms with Gasteiger partial charge in [-0.2, -0.15) is 4.31 Å². The molecule has 0 radical (unpaired) electrons. The van der Waals surface area contributed by atoms with Crippen molar-refractivity contribution in [2.45, 2.75) is 51.8 Å². The van der Waals surface area contributed by atoms with Crippen LogP contribution in [-0.4, -0.2) is 22.8 Å². The van der Waals surface area contributed by atoms with Crippen molar-refractivity contribution in [3.63, 3.8) is 0 Å². The molecule has 0 fully saturated rings. The van der Waals surface area contributed by atoms with Crippen LogP contribution in [0.3, 0.4) is 0 Å². The maximum absolute atomic E-state index is 12.9. The molecule has 0 saturated carbocycles. The fourth-order valence-corrected chi connectivity index (χ4v) is 4.86. The Kier molecular flexibility index (Phi) is 6.71. The average molecular weight is 425 g/mol. The van der Waals surface area contributed by atoms with E-state index >= 15 is 0 Å². The minimum absolute atomic E-state index is 0.279. The highest BCUT2D eigenvalue weighted by molar-refractivity contribution is 7.89. The summed E-state index contributed by atoms with van der Waals surface area (Å²) in [6.07, 6.45) is 0.835. The number of fused-ring (bicyclic) bond motifs is 1. The van der Waals surface area contributed by atoms with Crippen LogP contribution in [0, 0.1) is 13.8 Å². The van der Waals surface area contributed by atoms with Gasteiger partial charge in [-0.3, -0.25) is 4.98 Å². The first-order valence-corrected chi connectivity index (χ1v) is 11.6. The molecule has 0 bridgehead atoms. The summed E-state index contributed by atoms with van der Waals surface area (Å²) in [7, 11) is -3.57. The molecular weight excluding hydrogens is 396 g/mol. The third-order valence-electron chi connectivity index (χ3n) is 5.09. The van der Waals surface area contributed by atoms with Gasteiger partial charge in [0, 0.05) is 19.3 Å². The lowest BCUT2D eigenvalue weighted by Gasteiger charge is -2.15. The Bertz CT molecular complexity index is 1130. The first kappa shape index (κ1) is 22.2. The standard InChI is InChI=1S/C22H22N2O3S.C2H6/c1-15-6-8-20(9-7-15)28(26,27)24-13-18-11-21(23-12-19(18)14-24)22(25)17-5-3-4-16(2)10-17;1-2/h3-12,22,25H,13-14H2,1-2H3;1-2H3/t22-;/m0./s1. The van der Waals surface area contributed by atoms with Crippen molar-refractivity contribution >= 4 is 10.0 Å². The van der Waals surface area contributed by atoms with Gasteiger partial charge in [0.2, 0.25) is 10.0 Å². The van der Waals surface area contributed by atoms with Gasteiger partial charge in [0.1, 0.15) is 6.10 Å². The minimum Gasteiger partial charge on any atom is -0.382 e. The largest absolute Gasteiger partial charge is 0.382 e. The van der Waals surface area contributed by atoms with Gasteiger partial charge >= 0.3 is 0 Å². The lowest BCUT2D eigenvalue weighted by molar-refractivity contribution is 0.215. The summed E-state index contributed by atoms with van der Waals surface area (Å²) < 4.78 is 27.3. The smallest absolute Gasteiger partial charge is 0.243 e. The minimum atomic E-state index is -3.57. The van der Waals surface area contributed by atoms with E-state index in [0.29, 0.717) is 17.1 Å². The number of aliphatic hydroxyl groups excluding tert-OH is 1.